The minimum absolute atomic E-state index is 0.163. The molecule has 7 nitrogen and oxygen atoms in total. The maximum atomic E-state index is 12.6. The van der Waals surface area contributed by atoms with E-state index < -0.39 is 0 Å². The van der Waals surface area contributed by atoms with Crippen molar-refractivity contribution in [2.45, 2.75) is 13.0 Å². The molecular formula is C19H22N4O3. The Balaban J connectivity index is 1.36. The average Bonchev–Trinajstić information content (AvgIpc) is 3.30. The van der Waals surface area contributed by atoms with E-state index in [0.29, 0.717) is 6.54 Å². The molecule has 26 heavy (non-hydrogen) atoms. The Morgan fingerprint density at radius 1 is 1.23 bits per heavy atom. The lowest BCUT2D eigenvalue weighted by Crippen LogP contribution is -2.41. The van der Waals surface area contributed by atoms with Gasteiger partial charge in [0.15, 0.2) is 0 Å². The van der Waals surface area contributed by atoms with Crippen LogP contribution in [0.15, 0.2) is 30.5 Å². The lowest BCUT2D eigenvalue weighted by atomic mass is 9.85. The first kappa shape index (κ1) is 16.8. The molecule has 4 rings (SSSR count). The maximum absolute atomic E-state index is 12.6. The van der Waals surface area contributed by atoms with Crippen molar-refractivity contribution in [1.82, 2.24) is 15.2 Å². The molecule has 1 aromatic rings. The smallest absolute Gasteiger partial charge is 0.240 e. The first-order valence-electron chi connectivity index (χ1n) is 8.88. The van der Waals surface area contributed by atoms with Crippen molar-refractivity contribution >= 4 is 23.5 Å². The van der Waals surface area contributed by atoms with E-state index in [-0.39, 0.29) is 47.9 Å². The van der Waals surface area contributed by atoms with Crippen LogP contribution >= 0.6 is 0 Å². The predicted octanol–water partition coefficient (Wildman–Crippen LogP) is 0.571. The van der Waals surface area contributed by atoms with Gasteiger partial charge in [-0.2, -0.15) is 0 Å². The number of nitrogens with zero attached hydrogens (tertiary/aromatic N) is 3. The van der Waals surface area contributed by atoms with Crippen LogP contribution in [0.1, 0.15) is 12.0 Å². The molecule has 2 fully saturated rings. The van der Waals surface area contributed by atoms with Crippen molar-refractivity contribution in [3.63, 3.8) is 0 Å². The molecule has 4 atom stereocenters. The van der Waals surface area contributed by atoms with Gasteiger partial charge in [-0.3, -0.25) is 19.3 Å². The second-order valence-corrected chi connectivity index (χ2v) is 7.46. The van der Waals surface area contributed by atoms with E-state index in [1.165, 1.54) is 0 Å². The zero-order valence-electron chi connectivity index (χ0n) is 14.9. The minimum Gasteiger partial charge on any atom is -0.363 e. The number of allylic oxidation sites excluding steroid dienone is 2. The molecule has 2 bridgehead atoms. The summed E-state index contributed by atoms with van der Waals surface area (Å²) < 4.78 is 0. The molecule has 1 aromatic heterocycles. The van der Waals surface area contributed by atoms with Gasteiger partial charge in [0, 0.05) is 26.8 Å². The highest BCUT2D eigenvalue weighted by Gasteiger charge is 2.59. The number of rotatable bonds is 5. The Morgan fingerprint density at radius 2 is 1.88 bits per heavy atom. The number of pyridine rings is 1. The number of likely N-dealkylation sites (tertiary alicyclic amines) is 1. The third-order valence-electron chi connectivity index (χ3n) is 5.62. The standard InChI is InChI=1S/C19H22N4O3/c1-22(2)14-7-11(5-6-20-14)9-21-15(24)10-23-18(25)16-12-3-4-13(8-12)17(16)19(23)26/h3-7,12-13,16-17H,8-10H2,1-2H3,(H,21,24)/t12-,13-,16-,17-/m0/s1. The average molecular weight is 354 g/mol. The molecule has 3 amide bonds. The third kappa shape index (κ3) is 2.67. The van der Waals surface area contributed by atoms with Gasteiger partial charge in [-0.25, -0.2) is 4.98 Å². The first-order valence-corrected chi connectivity index (χ1v) is 8.88. The van der Waals surface area contributed by atoms with Crippen molar-refractivity contribution in [3.05, 3.63) is 36.0 Å². The Morgan fingerprint density at radius 3 is 2.50 bits per heavy atom. The van der Waals surface area contributed by atoms with Gasteiger partial charge >= 0.3 is 0 Å². The van der Waals surface area contributed by atoms with Crippen molar-refractivity contribution in [2.75, 3.05) is 25.5 Å². The summed E-state index contributed by atoms with van der Waals surface area (Å²) in [7, 11) is 3.79. The monoisotopic (exact) mass is 354 g/mol. The third-order valence-corrected chi connectivity index (χ3v) is 5.62. The molecule has 3 aliphatic rings. The van der Waals surface area contributed by atoms with Gasteiger partial charge < -0.3 is 10.2 Å². The zero-order chi connectivity index (χ0) is 18.4. The topological polar surface area (TPSA) is 82.6 Å². The predicted molar refractivity (Wildman–Crippen MR) is 94.8 cm³/mol. The fourth-order valence-corrected chi connectivity index (χ4v) is 4.34. The first-order chi connectivity index (χ1) is 12.5. The lowest BCUT2D eigenvalue weighted by molar-refractivity contribution is -0.144. The van der Waals surface area contributed by atoms with Gasteiger partial charge in [-0.1, -0.05) is 12.2 Å². The number of amides is 3. The minimum atomic E-state index is -0.324. The van der Waals surface area contributed by atoms with Crippen molar-refractivity contribution in [2.24, 2.45) is 23.7 Å². The fourth-order valence-electron chi connectivity index (χ4n) is 4.34. The normalized spacial score (nSPS) is 28.6. The number of nitrogens with one attached hydrogen (secondary N) is 1. The van der Waals surface area contributed by atoms with Gasteiger partial charge in [-0.15, -0.1) is 0 Å². The molecule has 0 unspecified atom stereocenters. The van der Waals surface area contributed by atoms with Gasteiger partial charge in [0.1, 0.15) is 12.4 Å². The Labute approximate surface area is 152 Å². The van der Waals surface area contributed by atoms with E-state index in [1.54, 1.807) is 6.20 Å². The van der Waals surface area contributed by atoms with Crippen LogP contribution in [0.25, 0.3) is 0 Å². The molecule has 1 saturated heterocycles. The number of hydrogen-bond donors (Lipinski definition) is 1. The fraction of sp³-hybridized carbons (Fsp3) is 0.474. The summed E-state index contributed by atoms with van der Waals surface area (Å²) in [6.45, 7) is 0.133. The van der Waals surface area contributed by atoms with E-state index >= 15 is 0 Å². The Hall–Kier alpha value is -2.70. The summed E-state index contributed by atoms with van der Waals surface area (Å²) in [5.41, 5.74) is 0.912. The molecule has 1 saturated carbocycles. The number of anilines is 1. The number of hydrogen-bond acceptors (Lipinski definition) is 5. The SMILES string of the molecule is CN(C)c1cc(CNC(=O)CN2C(=O)[C@@H]3[C@@H](C2=O)[C@H]2C=C[C@H]3C2)ccn1. The van der Waals surface area contributed by atoms with Crippen LogP contribution in [-0.4, -0.2) is 48.2 Å². The van der Waals surface area contributed by atoms with Crippen molar-refractivity contribution < 1.29 is 14.4 Å². The van der Waals surface area contributed by atoms with E-state index in [4.69, 9.17) is 0 Å². The van der Waals surface area contributed by atoms with Crippen LogP contribution in [0.5, 0.6) is 0 Å². The lowest BCUT2D eigenvalue weighted by Gasteiger charge is -2.17. The maximum Gasteiger partial charge on any atom is 0.240 e. The van der Waals surface area contributed by atoms with Crippen LogP contribution in [-0.2, 0) is 20.9 Å². The highest BCUT2D eigenvalue weighted by Crippen LogP contribution is 2.52. The molecule has 136 valence electrons. The molecule has 1 N–H and O–H groups in total. The molecule has 0 aromatic carbocycles. The van der Waals surface area contributed by atoms with Gasteiger partial charge in [0.05, 0.1) is 11.8 Å². The molecule has 0 radical (unpaired) electrons. The molecule has 2 heterocycles. The van der Waals surface area contributed by atoms with Crippen LogP contribution < -0.4 is 10.2 Å². The number of carbonyl (C=O) groups is 3. The summed E-state index contributed by atoms with van der Waals surface area (Å²) in [4.78, 5) is 44.7. The molecule has 0 spiro atoms. The number of imide groups is 1. The van der Waals surface area contributed by atoms with E-state index in [1.807, 2.05) is 43.3 Å². The van der Waals surface area contributed by atoms with Crippen LogP contribution in [0.3, 0.4) is 0 Å². The summed E-state index contributed by atoms with van der Waals surface area (Å²) in [6.07, 6.45) is 6.68. The quantitative estimate of drug-likeness (QED) is 0.618. The van der Waals surface area contributed by atoms with Crippen LogP contribution in [0.4, 0.5) is 5.82 Å². The number of aromatic nitrogens is 1. The summed E-state index contributed by atoms with van der Waals surface area (Å²) in [6, 6.07) is 3.72. The zero-order valence-corrected chi connectivity index (χ0v) is 14.9. The molecule has 7 heteroatoms. The van der Waals surface area contributed by atoms with E-state index in [2.05, 4.69) is 10.3 Å². The summed E-state index contributed by atoms with van der Waals surface area (Å²) in [5.74, 6) is -0.0860. The highest BCUT2D eigenvalue weighted by atomic mass is 16.2. The number of fused-ring (bicyclic) bond motifs is 5. The summed E-state index contributed by atoms with van der Waals surface area (Å²) >= 11 is 0. The van der Waals surface area contributed by atoms with Crippen LogP contribution in [0.2, 0.25) is 0 Å². The van der Waals surface area contributed by atoms with Crippen molar-refractivity contribution in [3.8, 4) is 0 Å². The number of carbonyl (C=O) groups excluding carboxylic acids is 3. The Kier molecular flexibility index (Phi) is 4.01. The van der Waals surface area contributed by atoms with Gasteiger partial charge in [0.25, 0.3) is 0 Å². The second kappa shape index (κ2) is 6.23. The van der Waals surface area contributed by atoms with E-state index in [0.717, 1.165) is 22.7 Å². The van der Waals surface area contributed by atoms with Crippen LogP contribution in [0, 0.1) is 23.7 Å². The largest absolute Gasteiger partial charge is 0.363 e. The molecule has 1 aliphatic heterocycles. The van der Waals surface area contributed by atoms with Gasteiger partial charge in [-0.05, 0) is 36.0 Å². The summed E-state index contributed by atoms with van der Waals surface area (Å²) in [5, 5.41) is 2.79. The van der Waals surface area contributed by atoms with Gasteiger partial charge in [0.2, 0.25) is 17.7 Å². The van der Waals surface area contributed by atoms with Crippen molar-refractivity contribution in [1.29, 1.82) is 0 Å². The molecular weight excluding hydrogens is 332 g/mol. The van der Waals surface area contributed by atoms with E-state index in [9.17, 15) is 14.4 Å². The second-order valence-electron chi connectivity index (χ2n) is 7.46. The molecule has 2 aliphatic carbocycles. The Bertz CT molecular complexity index is 774. The highest BCUT2D eigenvalue weighted by molar-refractivity contribution is 6.08.